The van der Waals surface area contributed by atoms with E-state index in [0.717, 1.165) is 16.4 Å². The third kappa shape index (κ3) is 5.18. The summed E-state index contributed by atoms with van der Waals surface area (Å²) in [6.45, 7) is 0.113. The zero-order valence-corrected chi connectivity index (χ0v) is 18.9. The maximum Gasteiger partial charge on any atom is 0.337 e. The van der Waals surface area contributed by atoms with Crippen LogP contribution >= 0.6 is 23.1 Å². The molecular weight excluding hydrogens is 446 g/mol. The van der Waals surface area contributed by atoms with E-state index < -0.39 is 12.1 Å². The minimum Gasteiger partial charge on any atom is -0.491 e. The van der Waals surface area contributed by atoms with Crippen LogP contribution < -0.4 is 4.74 Å². The van der Waals surface area contributed by atoms with E-state index in [4.69, 9.17) is 4.74 Å². The highest BCUT2D eigenvalue weighted by Crippen LogP contribution is 2.30. The smallest absolute Gasteiger partial charge is 0.337 e. The number of ether oxygens (including phenoxy) is 2. The molecule has 32 heavy (non-hydrogen) atoms. The molecule has 0 radical (unpaired) electrons. The van der Waals surface area contributed by atoms with Crippen molar-refractivity contribution in [1.29, 1.82) is 0 Å². The van der Waals surface area contributed by atoms with Crippen molar-refractivity contribution in [1.82, 2.24) is 14.8 Å². The van der Waals surface area contributed by atoms with Gasteiger partial charge < -0.3 is 14.6 Å². The van der Waals surface area contributed by atoms with E-state index in [9.17, 15) is 9.90 Å². The molecule has 0 amide bonds. The monoisotopic (exact) mass is 467 g/mol. The molecule has 0 aliphatic heterocycles. The second kappa shape index (κ2) is 10.4. The molecule has 0 bridgehead atoms. The van der Waals surface area contributed by atoms with Gasteiger partial charge in [-0.2, -0.15) is 0 Å². The standard InChI is InChI=1S/C23H21N3O4S2/c1-29-22(28)16-9-11-19(12-10-16)30-14-18(27)15-32-23-25-24-21(20-8-5-13-31-20)26(23)17-6-3-2-4-7-17/h2-13,18,27H,14-15H2,1H3/t18-/m0/s1. The number of esters is 1. The molecule has 4 rings (SSSR count). The lowest BCUT2D eigenvalue weighted by molar-refractivity contribution is 0.0600. The Morgan fingerprint density at radius 3 is 2.56 bits per heavy atom. The van der Waals surface area contributed by atoms with E-state index in [1.165, 1.54) is 18.9 Å². The number of carbonyl (C=O) groups excluding carboxylic acids is 1. The minimum absolute atomic E-state index is 0.113. The number of hydrogen-bond donors (Lipinski definition) is 1. The summed E-state index contributed by atoms with van der Waals surface area (Å²) < 4.78 is 12.3. The number of methoxy groups -OCH3 is 1. The Morgan fingerprint density at radius 2 is 1.88 bits per heavy atom. The van der Waals surface area contributed by atoms with Crippen LogP contribution in [0.2, 0.25) is 0 Å². The first-order chi connectivity index (χ1) is 15.7. The molecule has 7 nitrogen and oxygen atoms in total. The number of para-hydroxylation sites is 1. The average molecular weight is 468 g/mol. The second-order valence-electron chi connectivity index (χ2n) is 6.75. The van der Waals surface area contributed by atoms with Crippen molar-refractivity contribution in [2.45, 2.75) is 11.3 Å². The molecule has 0 unspecified atom stereocenters. The summed E-state index contributed by atoms with van der Waals surface area (Å²) in [7, 11) is 1.34. The van der Waals surface area contributed by atoms with Crippen molar-refractivity contribution in [3.63, 3.8) is 0 Å². The van der Waals surface area contributed by atoms with Gasteiger partial charge in [-0.3, -0.25) is 4.57 Å². The first-order valence-electron chi connectivity index (χ1n) is 9.82. The highest BCUT2D eigenvalue weighted by molar-refractivity contribution is 7.99. The van der Waals surface area contributed by atoms with Crippen molar-refractivity contribution in [2.24, 2.45) is 0 Å². The predicted octanol–water partition coefficient (Wildman–Crippen LogP) is 4.31. The van der Waals surface area contributed by atoms with Crippen LogP contribution in [0, 0.1) is 0 Å². The fraction of sp³-hybridized carbons (Fsp3) is 0.174. The Bertz CT molecular complexity index is 1150. The zero-order chi connectivity index (χ0) is 22.3. The largest absolute Gasteiger partial charge is 0.491 e. The van der Waals surface area contributed by atoms with Crippen LogP contribution in [0.1, 0.15) is 10.4 Å². The Labute approximate surface area is 193 Å². The number of aromatic nitrogens is 3. The van der Waals surface area contributed by atoms with Crippen LogP contribution in [0.25, 0.3) is 16.4 Å². The molecule has 4 aromatic rings. The molecule has 0 spiro atoms. The Morgan fingerprint density at radius 1 is 1.09 bits per heavy atom. The molecule has 2 heterocycles. The lowest BCUT2D eigenvalue weighted by Gasteiger charge is -2.13. The van der Waals surface area contributed by atoms with Gasteiger partial charge in [0.15, 0.2) is 11.0 Å². The van der Waals surface area contributed by atoms with Crippen molar-refractivity contribution in [3.05, 3.63) is 77.7 Å². The summed E-state index contributed by atoms with van der Waals surface area (Å²) in [6.07, 6.45) is -0.716. The summed E-state index contributed by atoms with van der Waals surface area (Å²) in [4.78, 5) is 12.5. The summed E-state index contributed by atoms with van der Waals surface area (Å²) >= 11 is 3.02. The molecule has 0 aliphatic rings. The minimum atomic E-state index is -0.716. The topological polar surface area (TPSA) is 86.5 Å². The van der Waals surface area contributed by atoms with E-state index in [0.29, 0.717) is 22.2 Å². The summed E-state index contributed by atoms with van der Waals surface area (Å²) in [5.41, 5.74) is 1.40. The normalized spacial score (nSPS) is 11.8. The molecule has 1 atom stereocenters. The van der Waals surface area contributed by atoms with Gasteiger partial charge >= 0.3 is 5.97 Å². The number of aliphatic hydroxyl groups is 1. The molecule has 1 N–H and O–H groups in total. The maximum absolute atomic E-state index is 11.5. The van der Waals surface area contributed by atoms with E-state index >= 15 is 0 Å². The molecule has 0 fully saturated rings. The number of carbonyl (C=O) groups is 1. The number of hydrogen-bond acceptors (Lipinski definition) is 8. The van der Waals surface area contributed by atoms with Gasteiger partial charge in [0.2, 0.25) is 0 Å². The van der Waals surface area contributed by atoms with Crippen molar-refractivity contribution in [3.8, 4) is 22.1 Å². The van der Waals surface area contributed by atoms with Gasteiger partial charge in [-0.25, -0.2) is 4.79 Å². The Balaban J connectivity index is 1.41. The van der Waals surface area contributed by atoms with Gasteiger partial charge in [0.1, 0.15) is 12.4 Å². The first kappa shape index (κ1) is 22.1. The zero-order valence-electron chi connectivity index (χ0n) is 17.2. The van der Waals surface area contributed by atoms with E-state index in [-0.39, 0.29) is 6.61 Å². The quantitative estimate of drug-likeness (QED) is 0.290. The highest BCUT2D eigenvalue weighted by atomic mass is 32.2. The van der Waals surface area contributed by atoms with Gasteiger partial charge in [0.05, 0.1) is 23.7 Å². The molecule has 0 saturated carbocycles. The number of nitrogens with zero attached hydrogens (tertiary/aromatic N) is 3. The Hall–Kier alpha value is -3.14. The predicted molar refractivity (Wildman–Crippen MR) is 125 cm³/mol. The van der Waals surface area contributed by atoms with E-state index in [1.807, 2.05) is 52.4 Å². The number of rotatable bonds is 9. The molecule has 9 heteroatoms. The number of thioether (sulfide) groups is 1. The second-order valence-corrected chi connectivity index (χ2v) is 8.68. The van der Waals surface area contributed by atoms with E-state index in [2.05, 4.69) is 14.9 Å². The molecule has 2 aromatic heterocycles. The number of thiophene rings is 1. The van der Waals surface area contributed by atoms with Crippen molar-refractivity contribution in [2.75, 3.05) is 19.5 Å². The maximum atomic E-state index is 11.5. The van der Waals surface area contributed by atoms with Crippen LogP contribution in [0.15, 0.2) is 77.3 Å². The molecular formula is C23H21N3O4S2. The van der Waals surface area contributed by atoms with Crippen LogP contribution in [-0.4, -0.2) is 51.4 Å². The van der Waals surface area contributed by atoms with Gasteiger partial charge in [-0.05, 0) is 47.8 Å². The lowest BCUT2D eigenvalue weighted by atomic mass is 10.2. The van der Waals surface area contributed by atoms with Crippen LogP contribution in [0.5, 0.6) is 5.75 Å². The highest BCUT2D eigenvalue weighted by Gasteiger charge is 2.18. The molecule has 0 saturated heterocycles. The van der Waals surface area contributed by atoms with E-state index in [1.54, 1.807) is 35.6 Å². The summed E-state index contributed by atoms with van der Waals surface area (Å²) in [5.74, 6) is 1.31. The SMILES string of the molecule is COC(=O)c1ccc(OC[C@H](O)CSc2nnc(-c3cccs3)n2-c2ccccc2)cc1. The average Bonchev–Trinajstić information content (AvgIpc) is 3.51. The molecule has 164 valence electrons. The third-order valence-electron chi connectivity index (χ3n) is 4.51. The fourth-order valence-electron chi connectivity index (χ4n) is 2.95. The van der Waals surface area contributed by atoms with Gasteiger partial charge in [-0.1, -0.05) is 36.0 Å². The molecule has 0 aliphatic carbocycles. The van der Waals surface area contributed by atoms with Gasteiger partial charge in [0.25, 0.3) is 0 Å². The lowest BCUT2D eigenvalue weighted by Crippen LogP contribution is -2.20. The van der Waals surface area contributed by atoms with Crippen molar-refractivity contribution < 1.29 is 19.4 Å². The van der Waals surface area contributed by atoms with Crippen LogP contribution in [0.3, 0.4) is 0 Å². The Kier molecular flexibility index (Phi) is 7.21. The molecule has 2 aromatic carbocycles. The van der Waals surface area contributed by atoms with Crippen molar-refractivity contribution >= 4 is 29.1 Å². The summed E-state index contributed by atoms with van der Waals surface area (Å²) in [5, 5.41) is 21.9. The first-order valence-corrected chi connectivity index (χ1v) is 11.7. The van der Waals surface area contributed by atoms with Gasteiger partial charge in [0, 0.05) is 11.4 Å². The van der Waals surface area contributed by atoms with Crippen LogP contribution in [0.4, 0.5) is 0 Å². The third-order valence-corrected chi connectivity index (χ3v) is 6.45. The summed E-state index contributed by atoms with van der Waals surface area (Å²) in [6, 6.07) is 20.5. The van der Waals surface area contributed by atoms with Crippen LogP contribution in [-0.2, 0) is 4.74 Å². The number of aliphatic hydroxyl groups excluding tert-OH is 1. The number of benzene rings is 2. The van der Waals surface area contributed by atoms with Gasteiger partial charge in [-0.15, -0.1) is 21.5 Å². The fourth-order valence-corrected chi connectivity index (χ4v) is 4.51.